The Morgan fingerprint density at radius 2 is 2.33 bits per heavy atom. The molecule has 54 valence electrons. The summed E-state index contributed by atoms with van der Waals surface area (Å²) in [6.45, 7) is 6.81. The second kappa shape index (κ2) is 4.82. The van der Waals surface area contributed by atoms with Crippen molar-refractivity contribution in [1.29, 1.82) is 0 Å². The van der Waals surface area contributed by atoms with Gasteiger partial charge in [-0.15, -0.1) is 0 Å². The molecule has 2 N–H and O–H groups in total. The van der Waals surface area contributed by atoms with Gasteiger partial charge in [0, 0.05) is 6.54 Å². The van der Waals surface area contributed by atoms with E-state index in [4.69, 9.17) is 5.73 Å². The van der Waals surface area contributed by atoms with E-state index in [1.54, 1.807) is 11.8 Å². The highest BCUT2D eigenvalue weighted by Gasteiger charge is 1.94. The first-order valence-corrected chi connectivity index (χ1v) is 3.98. The molecule has 0 aliphatic heterocycles. The molecule has 0 rings (SSSR count). The molecular weight excluding hydrogens is 132 g/mol. The maximum absolute atomic E-state index is 5.51. The van der Waals surface area contributed by atoms with Gasteiger partial charge in [-0.2, -0.15) is 0 Å². The molecular formula is C6H14N2S. The van der Waals surface area contributed by atoms with Crippen molar-refractivity contribution in [2.45, 2.75) is 26.1 Å². The molecule has 0 fully saturated rings. The van der Waals surface area contributed by atoms with Crippen LogP contribution >= 0.6 is 11.8 Å². The topological polar surface area (TPSA) is 38.4 Å². The van der Waals surface area contributed by atoms with Gasteiger partial charge in [0.1, 0.15) is 0 Å². The Morgan fingerprint density at radius 3 is 2.67 bits per heavy atom. The van der Waals surface area contributed by atoms with E-state index in [1.165, 1.54) is 0 Å². The Labute approximate surface area is 60.9 Å². The molecule has 2 nitrogen and oxygen atoms in total. The van der Waals surface area contributed by atoms with Gasteiger partial charge in [-0.05, 0) is 20.8 Å². The first kappa shape index (κ1) is 8.98. The molecule has 0 aromatic carbocycles. The van der Waals surface area contributed by atoms with Crippen molar-refractivity contribution in [2.24, 2.45) is 10.7 Å². The van der Waals surface area contributed by atoms with E-state index >= 15 is 0 Å². The third kappa shape index (κ3) is 5.86. The standard InChI is InChI=1S/C6H14N2S/c1-4-8-6(3)9-5(2)7/h5H,4,7H2,1-3H3/b8-6-. The van der Waals surface area contributed by atoms with Crippen LogP contribution in [0.3, 0.4) is 0 Å². The minimum absolute atomic E-state index is 0.167. The van der Waals surface area contributed by atoms with Gasteiger partial charge in [-0.3, -0.25) is 4.99 Å². The molecule has 0 saturated heterocycles. The largest absolute Gasteiger partial charge is 0.319 e. The molecule has 0 radical (unpaired) electrons. The van der Waals surface area contributed by atoms with Crippen molar-refractivity contribution in [3.05, 3.63) is 0 Å². The van der Waals surface area contributed by atoms with Gasteiger partial charge in [0.25, 0.3) is 0 Å². The lowest BCUT2D eigenvalue weighted by Gasteiger charge is -2.01. The minimum Gasteiger partial charge on any atom is -0.319 e. The van der Waals surface area contributed by atoms with Crippen molar-refractivity contribution in [3.63, 3.8) is 0 Å². The lowest BCUT2D eigenvalue weighted by Crippen LogP contribution is -2.11. The van der Waals surface area contributed by atoms with Crippen molar-refractivity contribution in [3.8, 4) is 0 Å². The lowest BCUT2D eigenvalue weighted by atomic mass is 10.7. The van der Waals surface area contributed by atoms with Crippen molar-refractivity contribution in [2.75, 3.05) is 6.54 Å². The Hall–Kier alpha value is -0.0200. The zero-order valence-electron chi connectivity index (χ0n) is 6.22. The molecule has 0 aliphatic rings. The van der Waals surface area contributed by atoms with E-state index in [-0.39, 0.29) is 5.37 Å². The molecule has 1 atom stereocenters. The van der Waals surface area contributed by atoms with Crippen LogP contribution in [0.5, 0.6) is 0 Å². The van der Waals surface area contributed by atoms with E-state index in [0.717, 1.165) is 11.6 Å². The summed E-state index contributed by atoms with van der Waals surface area (Å²) in [6.07, 6.45) is 0. The third-order valence-corrected chi connectivity index (χ3v) is 1.58. The van der Waals surface area contributed by atoms with Crippen molar-refractivity contribution >= 4 is 16.8 Å². The zero-order valence-corrected chi connectivity index (χ0v) is 7.03. The summed E-state index contributed by atoms with van der Waals surface area (Å²) in [4.78, 5) is 4.16. The Bertz CT molecular complexity index is 99.2. The SMILES string of the molecule is CC/N=C(/C)SC(C)N. The van der Waals surface area contributed by atoms with E-state index in [9.17, 15) is 0 Å². The van der Waals surface area contributed by atoms with Crippen LogP contribution < -0.4 is 5.73 Å². The number of aliphatic imine (C=N–C) groups is 1. The monoisotopic (exact) mass is 146 g/mol. The van der Waals surface area contributed by atoms with Gasteiger partial charge >= 0.3 is 0 Å². The quantitative estimate of drug-likeness (QED) is 0.364. The number of hydrogen-bond donors (Lipinski definition) is 1. The van der Waals surface area contributed by atoms with E-state index in [1.807, 2.05) is 20.8 Å². The van der Waals surface area contributed by atoms with Gasteiger partial charge in [0.2, 0.25) is 0 Å². The van der Waals surface area contributed by atoms with Crippen LogP contribution in [0.25, 0.3) is 0 Å². The Morgan fingerprint density at radius 1 is 1.78 bits per heavy atom. The first-order valence-electron chi connectivity index (χ1n) is 3.10. The van der Waals surface area contributed by atoms with Gasteiger partial charge in [-0.25, -0.2) is 0 Å². The predicted molar refractivity (Wildman–Crippen MR) is 44.9 cm³/mol. The van der Waals surface area contributed by atoms with Crippen LogP contribution in [0.4, 0.5) is 0 Å². The fourth-order valence-corrected chi connectivity index (χ4v) is 1.27. The van der Waals surface area contributed by atoms with Gasteiger partial charge in [0.15, 0.2) is 0 Å². The summed E-state index contributed by atoms with van der Waals surface area (Å²) in [6, 6.07) is 0. The molecule has 0 heterocycles. The molecule has 3 heteroatoms. The van der Waals surface area contributed by atoms with Crippen LogP contribution in [-0.4, -0.2) is 17.0 Å². The predicted octanol–water partition coefficient (Wildman–Crippen LogP) is 1.46. The number of nitrogens with zero attached hydrogens (tertiary/aromatic N) is 1. The average molecular weight is 146 g/mol. The van der Waals surface area contributed by atoms with Crippen LogP contribution in [-0.2, 0) is 0 Å². The molecule has 9 heavy (non-hydrogen) atoms. The summed E-state index contributed by atoms with van der Waals surface area (Å²) >= 11 is 1.61. The molecule has 0 aromatic rings. The highest BCUT2D eigenvalue weighted by atomic mass is 32.2. The van der Waals surface area contributed by atoms with Gasteiger partial charge in [-0.1, -0.05) is 11.8 Å². The minimum atomic E-state index is 0.167. The van der Waals surface area contributed by atoms with Crippen molar-refractivity contribution in [1.82, 2.24) is 0 Å². The number of thioether (sulfide) groups is 1. The number of hydrogen-bond acceptors (Lipinski definition) is 3. The molecule has 0 bridgehead atoms. The van der Waals surface area contributed by atoms with E-state index in [2.05, 4.69) is 4.99 Å². The summed E-state index contributed by atoms with van der Waals surface area (Å²) in [5.41, 5.74) is 5.51. The lowest BCUT2D eigenvalue weighted by molar-refractivity contribution is 1.05. The summed E-state index contributed by atoms with van der Waals surface area (Å²) in [5, 5.41) is 1.24. The highest BCUT2D eigenvalue weighted by molar-refractivity contribution is 8.14. The van der Waals surface area contributed by atoms with E-state index in [0.29, 0.717) is 0 Å². The summed E-state index contributed by atoms with van der Waals surface area (Å²) in [7, 11) is 0. The maximum Gasteiger partial charge on any atom is 0.0659 e. The molecule has 1 unspecified atom stereocenters. The highest BCUT2D eigenvalue weighted by Crippen LogP contribution is 2.06. The number of rotatable bonds is 2. The average Bonchev–Trinajstić information content (AvgIpc) is 1.63. The molecule has 0 saturated carbocycles. The number of nitrogens with two attached hydrogens (primary N) is 1. The molecule has 0 aliphatic carbocycles. The van der Waals surface area contributed by atoms with Crippen LogP contribution in [0, 0.1) is 0 Å². The molecule has 0 aromatic heterocycles. The zero-order chi connectivity index (χ0) is 7.28. The van der Waals surface area contributed by atoms with Crippen LogP contribution in [0.15, 0.2) is 4.99 Å². The Balaban J connectivity index is 3.49. The smallest absolute Gasteiger partial charge is 0.0659 e. The third-order valence-electron chi connectivity index (χ3n) is 0.737. The van der Waals surface area contributed by atoms with Gasteiger partial charge < -0.3 is 5.73 Å². The second-order valence-corrected chi connectivity index (χ2v) is 3.39. The first-order chi connectivity index (χ1) is 4.16. The summed E-state index contributed by atoms with van der Waals surface area (Å²) < 4.78 is 0. The fourth-order valence-electron chi connectivity index (χ4n) is 0.529. The normalized spacial score (nSPS) is 15.8. The summed E-state index contributed by atoms with van der Waals surface area (Å²) in [5.74, 6) is 0. The van der Waals surface area contributed by atoms with Crippen LogP contribution in [0.1, 0.15) is 20.8 Å². The maximum atomic E-state index is 5.51. The van der Waals surface area contributed by atoms with Crippen molar-refractivity contribution < 1.29 is 0 Å². The van der Waals surface area contributed by atoms with Crippen LogP contribution in [0.2, 0.25) is 0 Å². The molecule has 0 spiro atoms. The fraction of sp³-hybridized carbons (Fsp3) is 0.833. The molecule has 0 amide bonds. The van der Waals surface area contributed by atoms with Gasteiger partial charge in [0.05, 0.1) is 10.4 Å². The van der Waals surface area contributed by atoms with E-state index < -0.39 is 0 Å². The Kier molecular flexibility index (Phi) is 4.81. The second-order valence-electron chi connectivity index (χ2n) is 1.82.